The van der Waals surface area contributed by atoms with Crippen LogP contribution in [0.4, 0.5) is 0 Å². The normalized spacial score (nSPS) is 12.4. The molecule has 1 heteroatoms. The molecule has 20 heavy (non-hydrogen) atoms. The number of hydrogen-bond acceptors (Lipinski definition) is 1. The van der Waals surface area contributed by atoms with E-state index in [1.165, 1.54) is 27.8 Å². The lowest BCUT2D eigenvalue weighted by Crippen LogP contribution is -2.27. The van der Waals surface area contributed by atoms with Crippen molar-refractivity contribution in [2.24, 2.45) is 0 Å². The SMILES string of the molecule is CCNC(C)Cc1ccc(-c2ccc(C)cc2C)cc1. The average molecular weight is 267 g/mol. The molecule has 1 nitrogen and oxygen atoms in total. The molecule has 0 saturated heterocycles. The molecule has 0 spiro atoms. The number of rotatable bonds is 5. The number of aryl methyl sites for hydroxylation is 2. The molecular weight excluding hydrogens is 242 g/mol. The minimum Gasteiger partial charge on any atom is -0.314 e. The quantitative estimate of drug-likeness (QED) is 0.840. The van der Waals surface area contributed by atoms with Gasteiger partial charge in [-0.3, -0.25) is 0 Å². The second kappa shape index (κ2) is 6.71. The topological polar surface area (TPSA) is 12.0 Å². The highest BCUT2D eigenvalue weighted by atomic mass is 14.9. The fraction of sp³-hybridized carbons (Fsp3) is 0.368. The first-order chi connectivity index (χ1) is 9.60. The van der Waals surface area contributed by atoms with Crippen LogP contribution >= 0.6 is 0 Å². The number of hydrogen-bond donors (Lipinski definition) is 1. The lowest BCUT2D eigenvalue weighted by Gasteiger charge is -2.13. The molecule has 2 aromatic carbocycles. The molecule has 0 aromatic heterocycles. The molecule has 106 valence electrons. The van der Waals surface area contributed by atoms with E-state index in [1.807, 2.05) is 0 Å². The highest BCUT2D eigenvalue weighted by Crippen LogP contribution is 2.24. The van der Waals surface area contributed by atoms with Crippen LogP contribution in [0.3, 0.4) is 0 Å². The minimum absolute atomic E-state index is 0.534. The molecule has 0 saturated carbocycles. The molecule has 1 unspecified atom stereocenters. The summed E-state index contributed by atoms with van der Waals surface area (Å²) in [6, 6.07) is 16.2. The standard InChI is InChI=1S/C19H25N/c1-5-20-16(4)13-17-7-9-18(10-8-17)19-11-6-14(2)12-15(19)3/h6-12,16,20H,5,13H2,1-4H3. The molecule has 0 aliphatic carbocycles. The van der Waals surface area contributed by atoms with Crippen LogP contribution in [0.25, 0.3) is 11.1 Å². The molecule has 0 amide bonds. The fourth-order valence-corrected chi connectivity index (χ4v) is 2.73. The molecule has 2 aromatic rings. The third-order valence-electron chi connectivity index (χ3n) is 3.74. The molecule has 0 heterocycles. The molecule has 1 N–H and O–H groups in total. The zero-order chi connectivity index (χ0) is 14.5. The van der Waals surface area contributed by atoms with Crippen LogP contribution in [-0.4, -0.2) is 12.6 Å². The predicted molar refractivity (Wildman–Crippen MR) is 88.2 cm³/mol. The first kappa shape index (κ1) is 14.8. The van der Waals surface area contributed by atoms with E-state index >= 15 is 0 Å². The van der Waals surface area contributed by atoms with Crippen LogP contribution < -0.4 is 5.32 Å². The highest BCUT2D eigenvalue weighted by Gasteiger charge is 2.04. The molecule has 2 rings (SSSR count). The van der Waals surface area contributed by atoms with E-state index in [0.29, 0.717) is 6.04 Å². The second-order valence-corrected chi connectivity index (χ2v) is 5.68. The first-order valence-corrected chi connectivity index (χ1v) is 7.50. The van der Waals surface area contributed by atoms with E-state index in [1.54, 1.807) is 0 Å². The van der Waals surface area contributed by atoms with Crippen molar-refractivity contribution < 1.29 is 0 Å². The van der Waals surface area contributed by atoms with Gasteiger partial charge in [0.15, 0.2) is 0 Å². The summed E-state index contributed by atoms with van der Waals surface area (Å²) < 4.78 is 0. The number of nitrogens with one attached hydrogen (secondary N) is 1. The van der Waals surface area contributed by atoms with Crippen LogP contribution in [0, 0.1) is 13.8 Å². The second-order valence-electron chi connectivity index (χ2n) is 5.68. The van der Waals surface area contributed by atoms with Crippen molar-refractivity contribution in [3.05, 3.63) is 59.2 Å². The molecule has 0 bridgehead atoms. The van der Waals surface area contributed by atoms with Crippen LogP contribution in [0.15, 0.2) is 42.5 Å². The van der Waals surface area contributed by atoms with Gasteiger partial charge >= 0.3 is 0 Å². The van der Waals surface area contributed by atoms with Crippen molar-refractivity contribution in [1.82, 2.24) is 5.32 Å². The van der Waals surface area contributed by atoms with Gasteiger partial charge in [0.05, 0.1) is 0 Å². The highest BCUT2D eigenvalue weighted by molar-refractivity contribution is 5.67. The van der Waals surface area contributed by atoms with Crippen molar-refractivity contribution >= 4 is 0 Å². The largest absolute Gasteiger partial charge is 0.314 e. The lowest BCUT2D eigenvalue weighted by molar-refractivity contribution is 0.565. The van der Waals surface area contributed by atoms with Crippen molar-refractivity contribution in [2.75, 3.05) is 6.54 Å². The maximum absolute atomic E-state index is 3.46. The van der Waals surface area contributed by atoms with Gasteiger partial charge < -0.3 is 5.32 Å². The van der Waals surface area contributed by atoms with E-state index in [2.05, 4.69) is 75.5 Å². The Labute approximate surface area is 123 Å². The van der Waals surface area contributed by atoms with Crippen LogP contribution in [0.5, 0.6) is 0 Å². The summed E-state index contributed by atoms with van der Waals surface area (Å²) in [6.45, 7) is 9.74. The van der Waals surface area contributed by atoms with Gasteiger partial charge in [-0.15, -0.1) is 0 Å². The zero-order valence-electron chi connectivity index (χ0n) is 13.0. The zero-order valence-corrected chi connectivity index (χ0v) is 13.0. The Bertz CT molecular complexity index is 554. The summed E-state index contributed by atoms with van der Waals surface area (Å²) in [5, 5.41) is 3.46. The van der Waals surface area contributed by atoms with Crippen molar-refractivity contribution in [2.45, 2.75) is 40.2 Å². The van der Waals surface area contributed by atoms with Gasteiger partial charge in [0.2, 0.25) is 0 Å². The van der Waals surface area contributed by atoms with Gasteiger partial charge in [-0.2, -0.15) is 0 Å². The molecular formula is C19H25N. The summed E-state index contributed by atoms with van der Waals surface area (Å²) in [5.74, 6) is 0. The molecule has 0 radical (unpaired) electrons. The van der Waals surface area contributed by atoms with Gasteiger partial charge in [0.1, 0.15) is 0 Å². The van der Waals surface area contributed by atoms with Gasteiger partial charge in [-0.05, 0) is 56.0 Å². The van der Waals surface area contributed by atoms with Crippen LogP contribution in [-0.2, 0) is 6.42 Å². The molecule has 0 aliphatic rings. The minimum atomic E-state index is 0.534. The summed E-state index contributed by atoms with van der Waals surface area (Å²) in [6.07, 6.45) is 1.08. The summed E-state index contributed by atoms with van der Waals surface area (Å²) in [4.78, 5) is 0. The Morgan fingerprint density at radius 3 is 2.30 bits per heavy atom. The van der Waals surface area contributed by atoms with Gasteiger partial charge in [0, 0.05) is 6.04 Å². The molecule has 0 aliphatic heterocycles. The van der Waals surface area contributed by atoms with E-state index in [0.717, 1.165) is 13.0 Å². The van der Waals surface area contributed by atoms with E-state index in [9.17, 15) is 0 Å². The Morgan fingerprint density at radius 2 is 1.70 bits per heavy atom. The van der Waals surface area contributed by atoms with Gasteiger partial charge in [-0.1, -0.05) is 55.0 Å². The van der Waals surface area contributed by atoms with Crippen LogP contribution in [0.2, 0.25) is 0 Å². The first-order valence-electron chi connectivity index (χ1n) is 7.50. The lowest BCUT2D eigenvalue weighted by atomic mass is 9.97. The average Bonchev–Trinajstić information content (AvgIpc) is 2.40. The Morgan fingerprint density at radius 1 is 1.00 bits per heavy atom. The van der Waals surface area contributed by atoms with E-state index in [4.69, 9.17) is 0 Å². The third-order valence-corrected chi connectivity index (χ3v) is 3.74. The van der Waals surface area contributed by atoms with Crippen molar-refractivity contribution in [3.63, 3.8) is 0 Å². The van der Waals surface area contributed by atoms with E-state index in [-0.39, 0.29) is 0 Å². The van der Waals surface area contributed by atoms with Crippen molar-refractivity contribution in [3.8, 4) is 11.1 Å². The Hall–Kier alpha value is -1.60. The monoisotopic (exact) mass is 267 g/mol. The summed E-state index contributed by atoms with van der Waals surface area (Å²) in [5.41, 5.74) is 6.71. The third kappa shape index (κ3) is 3.71. The van der Waals surface area contributed by atoms with Gasteiger partial charge in [-0.25, -0.2) is 0 Å². The van der Waals surface area contributed by atoms with Crippen LogP contribution in [0.1, 0.15) is 30.5 Å². The summed E-state index contributed by atoms with van der Waals surface area (Å²) >= 11 is 0. The maximum atomic E-state index is 3.46. The Balaban J connectivity index is 2.15. The number of likely N-dealkylation sites (N-methyl/N-ethyl adjacent to an activating group) is 1. The van der Waals surface area contributed by atoms with Gasteiger partial charge in [0.25, 0.3) is 0 Å². The smallest absolute Gasteiger partial charge is 0.00790 e. The maximum Gasteiger partial charge on any atom is 0.00790 e. The van der Waals surface area contributed by atoms with Crippen molar-refractivity contribution in [1.29, 1.82) is 0 Å². The fourth-order valence-electron chi connectivity index (χ4n) is 2.73. The number of benzene rings is 2. The van der Waals surface area contributed by atoms with E-state index < -0.39 is 0 Å². The predicted octanol–water partition coefficient (Wildman–Crippen LogP) is 4.51. The summed E-state index contributed by atoms with van der Waals surface area (Å²) in [7, 11) is 0. The molecule has 0 fully saturated rings. The molecule has 1 atom stereocenters. The Kier molecular flexibility index (Phi) is 4.97.